The van der Waals surface area contributed by atoms with Crippen LogP contribution in [0.2, 0.25) is 10.0 Å². The predicted molar refractivity (Wildman–Crippen MR) is 88.1 cm³/mol. The lowest BCUT2D eigenvalue weighted by Crippen LogP contribution is -1.95. The van der Waals surface area contributed by atoms with Gasteiger partial charge in [-0.1, -0.05) is 35.3 Å². The quantitative estimate of drug-likeness (QED) is 0.522. The van der Waals surface area contributed by atoms with Gasteiger partial charge >= 0.3 is 0 Å². The van der Waals surface area contributed by atoms with Crippen molar-refractivity contribution in [3.05, 3.63) is 75.8 Å². The lowest BCUT2D eigenvalue weighted by Gasteiger charge is -2.02. The number of rotatable bonds is 3. The second-order valence-corrected chi connectivity index (χ2v) is 5.08. The molecular weight excluding hydrogens is 315 g/mol. The molecule has 0 aliphatic rings. The van der Waals surface area contributed by atoms with E-state index in [9.17, 15) is 4.79 Å². The summed E-state index contributed by atoms with van der Waals surface area (Å²) in [5, 5.41) is 1.30. The standard InChI is InChI=1S/C16H12Cl2O.ClH/c1-11(12-2-6-14(17)7-3-12)10-16(19)13-4-8-15(18)9-5-13;/h2-10H,1H3;1H. The third-order valence-electron chi connectivity index (χ3n) is 2.78. The van der Waals surface area contributed by atoms with Gasteiger partial charge in [-0.05, 0) is 60.5 Å². The molecule has 0 heterocycles. The van der Waals surface area contributed by atoms with Crippen LogP contribution in [-0.4, -0.2) is 5.78 Å². The molecule has 2 rings (SSSR count). The minimum atomic E-state index is -0.0379. The van der Waals surface area contributed by atoms with E-state index >= 15 is 0 Å². The van der Waals surface area contributed by atoms with Gasteiger partial charge in [0, 0.05) is 15.6 Å². The molecule has 20 heavy (non-hydrogen) atoms. The highest BCUT2D eigenvalue weighted by molar-refractivity contribution is 6.31. The zero-order valence-electron chi connectivity index (χ0n) is 10.8. The Bertz CT molecular complexity index is 613. The van der Waals surface area contributed by atoms with Gasteiger partial charge in [0.25, 0.3) is 0 Å². The third-order valence-corrected chi connectivity index (χ3v) is 3.28. The molecular formula is C16H13Cl3O. The van der Waals surface area contributed by atoms with Crippen LogP contribution in [0.3, 0.4) is 0 Å². The highest BCUT2D eigenvalue weighted by Crippen LogP contribution is 2.18. The van der Waals surface area contributed by atoms with Crippen LogP contribution in [0.5, 0.6) is 0 Å². The lowest BCUT2D eigenvalue weighted by molar-refractivity contribution is 0.104. The Morgan fingerprint density at radius 3 is 1.70 bits per heavy atom. The van der Waals surface area contributed by atoms with Gasteiger partial charge in [-0.15, -0.1) is 12.4 Å². The normalized spacial score (nSPS) is 10.8. The molecule has 2 aromatic carbocycles. The van der Waals surface area contributed by atoms with E-state index in [0.717, 1.165) is 11.1 Å². The third kappa shape index (κ3) is 4.38. The first kappa shape index (κ1) is 16.8. The van der Waals surface area contributed by atoms with E-state index < -0.39 is 0 Å². The topological polar surface area (TPSA) is 17.1 Å². The van der Waals surface area contributed by atoms with Crippen LogP contribution >= 0.6 is 35.6 Å². The summed E-state index contributed by atoms with van der Waals surface area (Å²) in [7, 11) is 0. The molecule has 0 amide bonds. The highest BCUT2D eigenvalue weighted by Gasteiger charge is 2.04. The van der Waals surface area contributed by atoms with Crippen molar-refractivity contribution in [1.29, 1.82) is 0 Å². The first-order valence-electron chi connectivity index (χ1n) is 5.80. The maximum absolute atomic E-state index is 12.1. The van der Waals surface area contributed by atoms with Crippen molar-refractivity contribution >= 4 is 47.0 Å². The van der Waals surface area contributed by atoms with Crippen LogP contribution in [-0.2, 0) is 0 Å². The molecule has 0 spiro atoms. The Morgan fingerprint density at radius 1 is 0.850 bits per heavy atom. The Balaban J connectivity index is 0.00000200. The molecule has 0 aromatic heterocycles. The van der Waals surface area contributed by atoms with E-state index in [2.05, 4.69) is 0 Å². The van der Waals surface area contributed by atoms with E-state index in [4.69, 9.17) is 23.2 Å². The number of carbonyl (C=O) groups is 1. The van der Waals surface area contributed by atoms with Crippen LogP contribution in [0, 0.1) is 0 Å². The van der Waals surface area contributed by atoms with Gasteiger partial charge in [0.15, 0.2) is 5.78 Å². The largest absolute Gasteiger partial charge is 0.289 e. The Hall–Kier alpha value is -1.28. The molecule has 2 aromatic rings. The number of allylic oxidation sites excluding steroid dienone is 2. The smallest absolute Gasteiger partial charge is 0.186 e. The fourth-order valence-corrected chi connectivity index (χ4v) is 1.94. The first-order chi connectivity index (χ1) is 9.06. The maximum Gasteiger partial charge on any atom is 0.186 e. The molecule has 0 saturated heterocycles. The maximum atomic E-state index is 12.1. The van der Waals surface area contributed by atoms with E-state index in [1.807, 2.05) is 19.1 Å². The molecule has 0 unspecified atom stereocenters. The van der Waals surface area contributed by atoms with Gasteiger partial charge < -0.3 is 0 Å². The molecule has 0 atom stereocenters. The molecule has 0 saturated carbocycles. The first-order valence-corrected chi connectivity index (χ1v) is 6.56. The summed E-state index contributed by atoms with van der Waals surface area (Å²) in [5.74, 6) is -0.0379. The van der Waals surface area contributed by atoms with Crippen LogP contribution in [0.15, 0.2) is 54.6 Å². The van der Waals surface area contributed by atoms with Crippen molar-refractivity contribution in [3.8, 4) is 0 Å². The summed E-state index contributed by atoms with van der Waals surface area (Å²) in [5.41, 5.74) is 2.50. The summed E-state index contributed by atoms with van der Waals surface area (Å²) in [6.07, 6.45) is 1.62. The van der Waals surface area contributed by atoms with E-state index in [-0.39, 0.29) is 18.2 Å². The fraction of sp³-hybridized carbons (Fsp3) is 0.0625. The molecule has 104 valence electrons. The second kappa shape index (κ2) is 7.49. The molecule has 0 radical (unpaired) electrons. The molecule has 0 bridgehead atoms. The number of hydrogen-bond acceptors (Lipinski definition) is 1. The molecule has 4 heteroatoms. The van der Waals surface area contributed by atoms with Crippen LogP contribution in [0.1, 0.15) is 22.8 Å². The predicted octanol–water partition coefficient (Wildman–Crippen LogP) is 5.70. The zero-order chi connectivity index (χ0) is 13.8. The molecule has 0 N–H and O–H groups in total. The van der Waals surface area contributed by atoms with Crippen LogP contribution in [0.25, 0.3) is 5.57 Å². The van der Waals surface area contributed by atoms with Crippen molar-refractivity contribution in [3.63, 3.8) is 0 Å². The minimum absolute atomic E-state index is 0. The van der Waals surface area contributed by atoms with Gasteiger partial charge in [0.2, 0.25) is 0 Å². The Morgan fingerprint density at radius 2 is 1.25 bits per heavy atom. The summed E-state index contributed by atoms with van der Waals surface area (Å²) < 4.78 is 0. The lowest BCUT2D eigenvalue weighted by atomic mass is 10.0. The number of ketones is 1. The van der Waals surface area contributed by atoms with Crippen molar-refractivity contribution in [2.45, 2.75) is 6.92 Å². The number of halogens is 3. The second-order valence-electron chi connectivity index (χ2n) is 4.21. The van der Waals surface area contributed by atoms with Gasteiger partial charge in [0.05, 0.1) is 0 Å². The summed E-state index contributed by atoms with van der Waals surface area (Å²) >= 11 is 11.6. The molecule has 1 nitrogen and oxygen atoms in total. The summed E-state index contributed by atoms with van der Waals surface area (Å²) in [4.78, 5) is 12.1. The van der Waals surface area contributed by atoms with Crippen molar-refractivity contribution in [2.75, 3.05) is 0 Å². The van der Waals surface area contributed by atoms with Crippen molar-refractivity contribution < 1.29 is 4.79 Å². The van der Waals surface area contributed by atoms with Crippen LogP contribution < -0.4 is 0 Å². The molecule has 0 aliphatic heterocycles. The van der Waals surface area contributed by atoms with E-state index in [1.54, 1.807) is 42.5 Å². The number of benzene rings is 2. The fourth-order valence-electron chi connectivity index (χ4n) is 1.69. The zero-order valence-corrected chi connectivity index (χ0v) is 13.1. The average molecular weight is 328 g/mol. The monoisotopic (exact) mass is 326 g/mol. The van der Waals surface area contributed by atoms with Gasteiger partial charge in [-0.3, -0.25) is 4.79 Å². The van der Waals surface area contributed by atoms with E-state index in [0.29, 0.717) is 15.6 Å². The summed E-state index contributed by atoms with van der Waals surface area (Å²) in [6.45, 7) is 1.90. The Kier molecular flexibility index (Phi) is 6.28. The SMILES string of the molecule is CC(=CC(=O)c1ccc(Cl)cc1)c1ccc(Cl)cc1.Cl. The average Bonchev–Trinajstić information content (AvgIpc) is 2.40. The molecule has 0 fully saturated rings. The van der Waals surface area contributed by atoms with E-state index in [1.165, 1.54) is 0 Å². The number of carbonyl (C=O) groups excluding carboxylic acids is 1. The van der Waals surface area contributed by atoms with Gasteiger partial charge in [-0.25, -0.2) is 0 Å². The Labute approximate surface area is 134 Å². The summed E-state index contributed by atoms with van der Waals surface area (Å²) in [6, 6.07) is 14.3. The van der Waals surface area contributed by atoms with Crippen molar-refractivity contribution in [1.82, 2.24) is 0 Å². The van der Waals surface area contributed by atoms with Crippen molar-refractivity contribution in [2.24, 2.45) is 0 Å². The minimum Gasteiger partial charge on any atom is -0.289 e. The molecule has 0 aliphatic carbocycles. The number of hydrogen-bond donors (Lipinski definition) is 0. The van der Waals surface area contributed by atoms with Crippen LogP contribution in [0.4, 0.5) is 0 Å². The van der Waals surface area contributed by atoms with Gasteiger partial charge in [0.1, 0.15) is 0 Å². The highest BCUT2D eigenvalue weighted by atomic mass is 35.5. The van der Waals surface area contributed by atoms with Gasteiger partial charge in [-0.2, -0.15) is 0 Å².